The molecule has 4 aliphatic rings. The lowest BCUT2D eigenvalue weighted by molar-refractivity contribution is -0.166. The number of alkyl halides is 6. The fourth-order valence-corrected chi connectivity index (χ4v) is 12.5. The SMILES string of the molecule is C[C@]1(CC(=O)O)C[C@H](c2cccc(Cl)c2)[C@@H](c2ccc(Cl)cc2)N([C@@H]2CCCN(CC(F)(F)F)C2)C1=O.C[C@]1(CC(=O)O)C[C@H](c2cccc(Cl)c2)[C@@H](c2ccc(Cl)cc2)N([C@H]2CCCN(CC(F)(F)F)C2)C1=O. The van der Waals surface area contributed by atoms with Gasteiger partial charge in [-0.15, -0.1) is 0 Å². The number of rotatable bonds is 12. The van der Waals surface area contributed by atoms with Gasteiger partial charge in [0.05, 0.1) is 48.8 Å². The first kappa shape index (κ1) is 57.1. The zero-order valence-electron chi connectivity index (χ0n) is 40.7. The predicted octanol–water partition coefficient (Wildman–Crippen LogP) is 13.1. The molecule has 4 heterocycles. The Bertz CT molecular complexity index is 2470. The first-order valence-electron chi connectivity index (χ1n) is 24.4. The summed E-state index contributed by atoms with van der Waals surface area (Å²) in [4.78, 5) is 58.0. The number of amides is 2. The molecule has 4 aromatic rings. The van der Waals surface area contributed by atoms with E-state index in [-0.39, 0.29) is 75.5 Å². The maximum atomic E-state index is 14.1. The number of likely N-dealkylation sites (tertiary alicyclic amines) is 4. The van der Waals surface area contributed by atoms with Gasteiger partial charge in [-0.25, -0.2) is 0 Å². The third-order valence-corrected chi connectivity index (χ3v) is 15.8. The van der Waals surface area contributed by atoms with E-state index in [1.165, 1.54) is 9.80 Å². The van der Waals surface area contributed by atoms with Crippen molar-refractivity contribution in [1.82, 2.24) is 19.6 Å². The third-order valence-electron chi connectivity index (χ3n) is 14.8. The number of carboxylic acid groups (broad SMARTS) is 2. The maximum absolute atomic E-state index is 14.1. The number of benzene rings is 4. The maximum Gasteiger partial charge on any atom is 0.401 e. The van der Waals surface area contributed by atoms with E-state index in [4.69, 9.17) is 46.4 Å². The largest absolute Gasteiger partial charge is 0.481 e. The van der Waals surface area contributed by atoms with Gasteiger partial charge in [0.15, 0.2) is 0 Å². The van der Waals surface area contributed by atoms with Gasteiger partial charge in [0, 0.05) is 57.1 Å². The second-order valence-electron chi connectivity index (χ2n) is 20.7. The summed E-state index contributed by atoms with van der Waals surface area (Å²) in [6.45, 7) is 1.86. The summed E-state index contributed by atoms with van der Waals surface area (Å²) >= 11 is 24.9. The Labute approximate surface area is 446 Å². The molecule has 2 amide bonds. The summed E-state index contributed by atoms with van der Waals surface area (Å²) in [7, 11) is 0. The lowest BCUT2D eigenvalue weighted by atomic mass is 9.67. The van der Waals surface area contributed by atoms with E-state index in [2.05, 4.69) is 0 Å². The third kappa shape index (κ3) is 14.1. The van der Waals surface area contributed by atoms with Crippen molar-refractivity contribution in [3.63, 3.8) is 0 Å². The topological polar surface area (TPSA) is 122 Å². The molecule has 20 heteroatoms. The molecule has 0 bridgehead atoms. The number of halogens is 10. The minimum absolute atomic E-state index is 0.0563. The molecule has 4 aliphatic heterocycles. The Kier molecular flexibility index (Phi) is 18.0. The van der Waals surface area contributed by atoms with E-state index < -0.39 is 72.4 Å². The quantitative estimate of drug-likeness (QED) is 0.135. The van der Waals surface area contributed by atoms with Crippen molar-refractivity contribution >= 4 is 70.2 Å². The van der Waals surface area contributed by atoms with Crippen LogP contribution in [0.4, 0.5) is 26.3 Å². The molecule has 2 N–H and O–H groups in total. The molecule has 10 nitrogen and oxygen atoms in total. The Hall–Kier alpha value is -4.58. The highest BCUT2D eigenvalue weighted by atomic mass is 35.5. The molecule has 4 aromatic carbocycles. The van der Waals surface area contributed by atoms with Crippen molar-refractivity contribution < 1.29 is 55.7 Å². The van der Waals surface area contributed by atoms with Gasteiger partial charge in [-0.3, -0.25) is 29.0 Å². The van der Waals surface area contributed by atoms with E-state index >= 15 is 0 Å². The molecule has 4 fully saturated rings. The van der Waals surface area contributed by atoms with E-state index in [0.29, 0.717) is 45.8 Å². The number of piperidine rings is 4. The summed E-state index contributed by atoms with van der Waals surface area (Å²) in [5, 5.41) is 21.4. The monoisotopic (exact) mass is 1110 g/mol. The van der Waals surface area contributed by atoms with Crippen molar-refractivity contribution in [2.75, 3.05) is 39.3 Å². The van der Waals surface area contributed by atoms with Crippen molar-refractivity contribution in [3.8, 4) is 0 Å². The Morgan fingerprint density at radius 3 is 1.22 bits per heavy atom. The highest BCUT2D eigenvalue weighted by Crippen LogP contribution is 2.54. The Morgan fingerprint density at radius 1 is 0.554 bits per heavy atom. The zero-order valence-corrected chi connectivity index (χ0v) is 43.7. The number of nitrogens with zero attached hydrogens (tertiary/aromatic N) is 4. The minimum Gasteiger partial charge on any atom is -0.481 e. The van der Waals surface area contributed by atoms with Gasteiger partial charge in [-0.1, -0.05) is 109 Å². The second kappa shape index (κ2) is 23.3. The molecule has 74 heavy (non-hydrogen) atoms. The summed E-state index contributed by atoms with van der Waals surface area (Å²) in [6.07, 6.45) is -6.94. The van der Waals surface area contributed by atoms with Crippen LogP contribution in [0.5, 0.6) is 0 Å². The summed E-state index contributed by atoms with van der Waals surface area (Å²) in [5.41, 5.74) is 0.761. The van der Waals surface area contributed by atoms with Crippen LogP contribution < -0.4 is 0 Å². The van der Waals surface area contributed by atoms with Crippen LogP contribution >= 0.6 is 46.4 Å². The number of carbonyl (C=O) groups excluding carboxylic acids is 2. The van der Waals surface area contributed by atoms with Gasteiger partial charge >= 0.3 is 24.3 Å². The van der Waals surface area contributed by atoms with Crippen LogP contribution in [0.3, 0.4) is 0 Å². The fraction of sp³-hybridized carbons (Fsp3) is 0.481. The first-order chi connectivity index (χ1) is 34.7. The van der Waals surface area contributed by atoms with E-state index in [1.54, 1.807) is 84.3 Å². The van der Waals surface area contributed by atoms with Crippen molar-refractivity contribution in [3.05, 3.63) is 139 Å². The second-order valence-corrected chi connectivity index (χ2v) is 22.4. The predicted molar refractivity (Wildman–Crippen MR) is 271 cm³/mol. The average molecular weight is 1110 g/mol. The number of hydrogen-bond acceptors (Lipinski definition) is 6. The van der Waals surface area contributed by atoms with Crippen LogP contribution in [0.15, 0.2) is 97.1 Å². The molecular formula is C54H58Cl4F6N4O6. The smallest absolute Gasteiger partial charge is 0.401 e. The van der Waals surface area contributed by atoms with Gasteiger partial charge in [-0.05, 0) is 122 Å². The number of carbonyl (C=O) groups is 4. The highest BCUT2D eigenvalue weighted by molar-refractivity contribution is 6.31. The van der Waals surface area contributed by atoms with Crippen LogP contribution in [-0.4, -0.2) is 117 Å². The summed E-state index contributed by atoms with van der Waals surface area (Å²) in [6, 6.07) is 26.6. The van der Waals surface area contributed by atoms with E-state index in [9.17, 15) is 55.7 Å². The van der Waals surface area contributed by atoms with Crippen molar-refractivity contribution in [2.24, 2.45) is 10.8 Å². The molecule has 400 valence electrons. The average Bonchev–Trinajstić information content (AvgIpc) is 3.30. The summed E-state index contributed by atoms with van der Waals surface area (Å²) in [5.74, 6) is -3.58. The van der Waals surface area contributed by atoms with E-state index in [1.807, 2.05) is 36.4 Å². The fourth-order valence-electron chi connectivity index (χ4n) is 11.9. The van der Waals surface area contributed by atoms with Gasteiger partial charge in [0.2, 0.25) is 11.8 Å². The van der Waals surface area contributed by atoms with Gasteiger partial charge < -0.3 is 20.0 Å². The van der Waals surface area contributed by atoms with Crippen molar-refractivity contribution in [2.45, 2.75) is 114 Å². The molecule has 8 atom stereocenters. The van der Waals surface area contributed by atoms with Crippen molar-refractivity contribution in [1.29, 1.82) is 0 Å². The molecule has 8 rings (SSSR count). The number of carboxylic acids is 2. The first-order valence-corrected chi connectivity index (χ1v) is 25.9. The van der Waals surface area contributed by atoms with E-state index in [0.717, 1.165) is 22.3 Å². The molecule has 0 unspecified atom stereocenters. The lowest BCUT2D eigenvalue weighted by Gasteiger charge is -2.53. The van der Waals surface area contributed by atoms with Crippen LogP contribution in [0.1, 0.15) is 111 Å². The van der Waals surface area contributed by atoms with Crippen LogP contribution in [0.25, 0.3) is 0 Å². The lowest BCUT2D eigenvalue weighted by Crippen LogP contribution is -2.60. The van der Waals surface area contributed by atoms with Crippen LogP contribution in [0, 0.1) is 10.8 Å². The van der Waals surface area contributed by atoms with Gasteiger partial charge in [-0.2, -0.15) is 26.3 Å². The molecule has 0 aromatic heterocycles. The van der Waals surface area contributed by atoms with Crippen LogP contribution in [-0.2, 0) is 19.2 Å². The van der Waals surface area contributed by atoms with Gasteiger partial charge in [0.25, 0.3) is 0 Å². The normalized spacial score (nSPS) is 27.4. The molecular weight excluding hydrogens is 1060 g/mol. The summed E-state index contributed by atoms with van der Waals surface area (Å²) < 4.78 is 79.4. The number of hydrogen-bond donors (Lipinski definition) is 2. The minimum atomic E-state index is -4.36. The molecule has 0 saturated carbocycles. The molecule has 0 spiro atoms. The highest BCUT2D eigenvalue weighted by Gasteiger charge is 2.55. The molecule has 4 saturated heterocycles. The molecule has 0 radical (unpaired) electrons. The Morgan fingerprint density at radius 2 is 0.905 bits per heavy atom. The Balaban J connectivity index is 0.000000216. The van der Waals surface area contributed by atoms with Gasteiger partial charge in [0.1, 0.15) is 0 Å². The zero-order chi connectivity index (χ0) is 53.9. The molecule has 0 aliphatic carbocycles. The standard InChI is InChI=1S/2C27H29Cl2F3N2O3/c2*1-26(14-23(35)36)13-22(18-4-2-5-20(29)12-18)24(17-7-9-19(28)10-8-17)34(25(26)37)21-6-3-11-33(15-21)16-27(30,31)32/h2*2,4-5,7-10,12,21-22,24H,3,6,11,13-16H2,1H3,(H,35,36)/t21-,22+,24+,26+;21-,22-,24-,26-/m01/s1. The van der Waals surface area contributed by atoms with Crippen LogP contribution in [0.2, 0.25) is 20.1 Å². The number of aliphatic carboxylic acids is 2.